The molecule has 0 radical (unpaired) electrons. The Balaban J connectivity index is 2.48. The Hall–Kier alpha value is -0.770. The van der Waals surface area contributed by atoms with E-state index in [9.17, 15) is 0 Å². The predicted octanol–water partition coefficient (Wildman–Crippen LogP) is 3.82. The van der Waals surface area contributed by atoms with Crippen LogP contribution in [0.2, 0.25) is 5.02 Å². The Bertz CT molecular complexity index is 371. The first-order chi connectivity index (χ1) is 9.19. The predicted molar refractivity (Wildman–Crippen MR) is 80.1 cm³/mol. The van der Waals surface area contributed by atoms with Gasteiger partial charge >= 0.3 is 0 Å². The number of unbranched alkanes of at least 4 members (excludes halogenated alkanes) is 1. The average Bonchev–Trinajstić information content (AvgIpc) is 2.43. The second kappa shape index (κ2) is 9.18. The molecule has 0 saturated heterocycles. The first-order valence-corrected chi connectivity index (χ1v) is 7.24. The summed E-state index contributed by atoms with van der Waals surface area (Å²) in [6, 6.07) is 5.91. The minimum Gasteiger partial charge on any atom is -0.491 e. The van der Waals surface area contributed by atoms with Gasteiger partial charge in [-0.3, -0.25) is 0 Å². The molecule has 0 aromatic heterocycles. The highest BCUT2D eigenvalue weighted by molar-refractivity contribution is 6.30. The standard InChI is InChI=1S/C15H24ClNO2/c1-4-5-8-18-9-10-19-15-7-6-13(16)11-14(15)12(2)17-3/h6-7,11-12,17H,4-5,8-10H2,1-3H3. The van der Waals surface area contributed by atoms with Gasteiger partial charge in [-0.2, -0.15) is 0 Å². The van der Waals surface area contributed by atoms with E-state index < -0.39 is 0 Å². The molecule has 0 amide bonds. The summed E-state index contributed by atoms with van der Waals surface area (Å²) in [6.07, 6.45) is 2.25. The van der Waals surface area contributed by atoms with E-state index in [1.807, 2.05) is 25.2 Å². The number of hydrogen-bond acceptors (Lipinski definition) is 3. The minimum absolute atomic E-state index is 0.203. The Labute approximate surface area is 121 Å². The summed E-state index contributed by atoms with van der Waals surface area (Å²) in [5.74, 6) is 0.866. The van der Waals surface area contributed by atoms with Crippen LogP contribution in [0.3, 0.4) is 0 Å². The molecule has 4 heteroatoms. The maximum Gasteiger partial charge on any atom is 0.124 e. The zero-order chi connectivity index (χ0) is 14.1. The molecule has 0 aliphatic carbocycles. The Kier molecular flexibility index (Phi) is 7.87. The molecule has 0 bridgehead atoms. The first-order valence-electron chi connectivity index (χ1n) is 6.86. The van der Waals surface area contributed by atoms with E-state index in [0.29, 0.717) is 13.2 Å². The van der Waals surface area contributed by atoms with Crippen molar-refractivity contribution >= 4 is 11.6 Å². The van der Waals surface area contributed by atoms with Gasteiger partial charge in [0.2, 0.25) is 0 Å². The molecule has 0 saturated carbocycles. The van der Waals surface area contributed by atoms with Crippen molar-refractivity contribution in [2.24, 2.45) is 0 Å². The van der Waals surface area contributed by atoms with Crippen molar-refractivity contribution in [3.63, 3.8) is 0 Å². The number of hydrogen-bond donors (Lipinski definition) is 1. The second-order valence-electron chi connectivity index (χ2n) is 4.51. The van der Waals surface area contributed by atoms with Crippen molar-refractivity contribution in [2.45, 2.75) is 32.7 Å². The van der Waals surface area contributed by atoms with Crippen molar-refractivity contribution < 1.29 is 9.47 Å². The first kappa shape index (κ1) is 16.3. The lowest BCUT2D eigenvalue weighted by molar-refractivity contribution is 0.0976. The van der Waals surface area contributed by atoms with E-state index in [1.54, 1.807) is 0 Å². The lowest BCUT2D eigenvalue weighted by Crippen LogP contribution is -2.15. The largest absolute Gasteiger partial charge is 0.491 e. The van der Waals surface area contributed by atoms with Gasteiger partial charge in [-0.15, -0.1) is 0 Å². The molecule has 0 aliphatic rings. The summed E-state index contributed by atoms with van der Waals surface area (Å²) in [6.45, 7) is 6.22. The Morgan fingerprint density at radius 1 is 1.26 bits per heavy atom. The van der Waals surface area contributed by atoms with Crippen LogP contribution in [0, 0.1) is 0 Å². The zero-order valence-corrected chi connectivity index (χ0v) is 12.8. The summed E-state index contributed by atoms with van der Waals surface area (Å²) in [7, 11) is 1.92. The van der Waals surface area contributed by atoms with Crippen molar-refractivity contribution in [2.75, 3.05) is 26.9 Å². The maximum absolute atomic E-state index is 6.03. The fourth-order valence-corrected chi connectivity index (χ4v) is 1.88. The van der Waals surface area contributed by atoms with Crippen LogP contribution >= 0.6 is 11.6 Å². The van der Waals surface area contributed by atoms with E-state index in [0.717, 1.165) is 35.8 Å². The van der Waals surface area contributed by atoms with Crippen molar-refractivity contribution in [1.29, 1.82) is 0 Å². The third kappa shape index (κ3) is 5.81. The van der Waals surface area contributed by atoms with E-state index >= 15 is 0 Å². The van der Waals surface area contributed by atoms with E-state index in [-0.39, 0.29) is 6.04 Å². The molecule has 1 rings (SSSR count). The summed E-state index contributed by atoms with van der Waals surface area (Å²) in [5.41, 5.74) is 1.07. The van der Waals surface area contributed by atoms with Gasteiger partial charge in [0, 0.05) is 23.2 Å². The van der Waals surface area contributed by atoms with Crippen molar-refractivity contribution in [1.82, 2.24) is 5.32 Å². The molecule has 0 spiro atoms. The third-order valence-corrected chi connectivity index (χ3v) is 3.23. The lowest BCUT2D eigenvalue weighted by Gasteiger charge is -2.17. The quantitative estimate of drug-likeness (QED) is 0.700. The number of ether oxygens (including phenoxy) is 2. The monoisotopic (exact) mass is 285 g/mol. The fourth-order valence-electron chi connectivity index (χ4n) is 1.70. The molecule has 0 aliphatic heterocycles. The molecule has 0 fully saturated rings. The molecule has 1 aromatic rings. The zero-order valence-electron chi connectivity index (χ0n) is 12.0. The van der Waals surface area contributed by atoms with Gasteiger partial charge < -0.3 is 14.8 Å². The minimum atomic E-state index is 0.203. The lowest BCUT2D eigenvalue weighted by atomic mass is 10.1. The van der Waals surface area contributed by atoms with Gasteiger partial charge in [-0.1, -0.05) is 24.9 Å². The number of benzene rings is 1. The van der Waals surface area contributed by atoms with Crippen LogP contribution in [0.5, 0.6) is 5.75 Å². The molecule has 3 nitrogen and oxygen atoms in total. The summed E-state index contributed by atoms with van der Waals surface area (Å²) < 4.78 is 11.3. The maximum atomic E-state index is 6.03. The van der Waals surface area contributed by atoms with Crippen LogP contribution in [-0.4, -0.2) is 26.9 Å². The van der Waals surface area contributed by atoms with Gasteiger partial charge in [0.15, 0.2) is 0 Å². The molecular formula is C15H24ClNO2. The van der Waals surface area contributed by atoms with Crippen molar-refractivity contribution in [3.05, 3.63) is 28.8 Å². The van der Waals surface area contributed by atoms with Crippen LogP contribution < -0.4 is 10.1 Å². The molecule has 108 valence electrons. The highest BCUT2D eigenvalue weighted by Crippen LogP contribution is 2.28. The van der Waals surface area contributed by atoms with Crippen LogP contribution in [0.15, 0.2) is 18.2 Å². The smallest absolute Gasteiger partial charge is 0.124 e. The summed E-state index contributed by atoms with van der Waals surface area (Å²) >= 11 is 6.03. The number of rotatable bonds is 9. The molecule has 1 N–H and O–H groups in total. The summed E-state index contributed by atoms with van der Waals surface area (Å²) in [5, 5.41) is 3.92. The van der Waals surface area contributed by atoms with Crippen LogP contribution in [-0.2, 0) is 4.74 Å². The normalized spacial score (nSPS) is 12.4. The van der Waals surface area contributed by atoms with E-state index in [4.69, 9.17) is 21.1 Å². The summed E-state index contributed by atoms with van der Waals surface area (Å²) in [4.78, 5) is 0. The molecule has 0 heterocycles. The van der Waals surface area contributed by atoms with Gasteiger partial charge in [0.05, 0.1) is 6.61 Å². The highest BCUT2D eigenvalue weighted by atomic mass is 35.5. The fraction of sp³-hybridized carbons (Fsp3) is 0.600. The Morgan fingerprint density at radius 3 is 2.74 bits per heavy atom. The van der Waals surface area contributed by atoms with Gasteiger partial charge in [-0.05, 0) is 38.6 Å². The number of nitrogens with one attached hydrogen (secondary N) is 1. The van der Waals surface area contributed by atoms with Gasteiger partial charge in [-0.25, -0.2) is 0 Å². The molecule has 1 unspecified atom stereocenters. The second-order valence-corrected chi connectivity index (χ2v) is 4.94. The van der Waals surface area contributed by atoms with E-state index in [1.165, 1.54) is 0 Å². The van der Waals surface area contributed by atoms with Gasteiger partial charge in [0.25, 0.3) is 0 Å². The van der Waals surface area contributed by atoms with Crippen LogP contribution in [0.4, 0.5) is 0 Å². The SMILES string of the molecule is CCCCOCCOc1ccc(Cl)cc1C(C)NC. The van der Waals surface area contributed by atoms with Crippen molar-refractivity contribution in [3.8, 4) is 5.75 Å². The molecule has 1 aromatic carbocycles. The average molecular weight is 286 g/mol. The number of halogens is 1. The third-order valence-electron chi connectivity index (χ3n) is 3.00. The van der Waals surface area contributed by atoms with Crippen LogP contribution in [0.25, 0.3) is 0 Å². The van der Waals surface area contributed by atoms with Crippen LogP contribution in [0.1, 0.15) is 38.3 Å². The topological polar surface area (TPSA) is 30.5 Å². The highest BCUT2D eigenvalue weighted by Gasteiger charge is 2.10. The molecule has 19 heavy (non-hydrogen) atoms. The van der Waals surface area contributed by atoms with Gasteiger partial charge in [0.1, 0.15) is 12.4 Å². The Morgan fingerprint density at radius 2 is 2.05 bits per heavy atom. The molecule has 1 atom stereocenters. The van der Waals surface area contributed by atoms with E-state index in [2.05, 4.69) is 19.2 Å². The molecular weight excluding hydrogens is 262 g/mol.